The molecule has 3 amide bonds. The third-order valence-corrected chi connectivity index (χ3v) is 7.44. The molecular formula is C25H26Cl2F3N3O3. The molecule has 0 bridgehead atoms. The van der Waals surface area contributed by atoms with Gasteiger partial charge in [-0.1, -0.05) is 35.3 Å². The van der Waals surface area contributed by atoms with Crippen molar-refractivity contribution < 1.29 is 27.5 Å². The summed E-state index contributed by atoms with van der Waals surface area (Å²) in [6.45, 7) is 1.89. The topological polar surface area (TPSA) is 61.9 Å². The summed E-state index contributed by atoms with van der Waals surface area (Å²) in [5, 5.41) is 3.43. The van der Waals surface area contributed by atoms with E-state index in [1.165, 1.54) is 24.3 Å². The largest absolute Gasteiger partial charge is 0.573 e. The number of carbonyl (C=O) groups excluding carboxylic acids is 2. The van der Waals surface area contributed by atoms with E-state index in [2.05, 4.69) is 10.1 Å². The van der Waals surface area contributed by atoms with Gasteiger partial charge in [-0.2, -0.15) is 0 Å². The fourth-order valence-electron chi connectivity index (χ4n) is 4.91. The van der Waals surface area contributed by atoms with Crippen molar-refractivity contribution in [2.45, 2.75) is 38.1 Å². The highest BCUT2D eigenvalue weighted by molar-refractivity contribution is 6.36. The van der Waals surface area contributed by atoms with E-state index in [0.29, 0.717) is 59.2 Å². The molecule has 2 fully saturated rings. The van der Waals surface area contributed by atoms with Gasteiger partial charge in [-0.05, 0) is 66.6 Å². The molecule has 6 nitrogen and oxygen atoms in total. The summed E-state index contributed by atoms with van der Waals surface area (Å²) in [6.07, 6.45) is -2.16. The molecule has 194 valence electrons. The number of hydrogen-bond donors (Lipinski definition) is 1. The SMILES string of the molecule is CNC(=O)N1CCC(N2CC[C@@H](Cc3c(Cl)cc(-c4ccc(OC(F)(F)F)cc4)cc3Cl)C2=O)CC1. The van der Waals surface area contributed by atoms with Crippen molar-refractivity contribution in [1.29, 1.82) is 0 Å². The average molecular weight is 544 g/mol. The van der Waals surface area contributed by atoms with Crippen molar-refractivity contribution in [3.63, 3.8) is 0 Å². The van der Waals surface area contributed by atoms with Crippen LogP contribution in [-0.2, 0) is 11.2 Å². The Morgan fingerprint density at radius 2 is 1.64 bits per heavy atom. The van der Waals surface area contributed by atoms with E-state index in [-0.39, 0.29) is 29.6 Å². The van der Waals surface area contributed by atoms with E-state index in [1.807, 2.05) is 4.90 Å². The number of ether oxygens (including phenoxy) is 1. The number of piperidine rings is 1. The van der Waals surface area contributed by atoms with Crippen LogP contribution in [0.1, 0.15) is 24.8 Å². The Kier molecular flexibility index (Phi) is 7.90. The molecule has 0 unspecified atom stereocenters. The lowest BCUT2D eigenvalue weighted by Crippen LogP contribution is -2.49. The van der Waals surface area contributed by atoms with E-state index in [9.17, 15) is 22.8 Å². The van der Waals surface area contributed by atoms with Gasteiger partial charge < -0.3 is 19.9 Å². The lowest BCUT2D eigenvalue weighted by molar-refractivity contribution is -0.274. The number of nitrogens with zero attached hydrogens (tertiary/aromatic N) is 2. The van der Waals surface area contributed by atoms with Gasteiger partial charge in [-0.3, -0.25) is 4.79 Å². The zero-order valence-electron chi connectivity index (χ0n) is 19.6. The molecule has 0 aliphatic carbocycles. The first-order valence-corrected chi connectivity index (χ1v) is 12.4. The predicted octanol–water partition coefficient (Wildman–Crippen LogP) is 5.75. The summed E-state index contributed by atoms with van der Waals surface area (Å²) in [5.41, 5.74) is 1.95. The zero-order valence-corrected chi connectivity index (χ0v) is 21.1. The standard InChI is InChI=1S/C25H26Cl2F3N3O3/c1-31-24(35)32-9-7-18(8-10-32)33-11-6-16(23(33)34)12-20-21(26)13-17(14-22(20)27)15-2-4-19(5-3-15)36-25(28,29)30/h2-5,13-14,16,18H,6-12H2,1H3,(H,31,35)/t16-/m0/s1. The van der Waals surface area contributed by atoms with Gasteiger partial charge in [0.05, 0.1) is 0 Å². The van der Waals surface area contributed by atoms with Crippen LogP contribution >= 0.6 is 23.2 Å². The number of alkyl halides is 3. The quantitative estimate of drug-likeness (QED) is 0.522. The fraction of sp³-hybridized carbons (Fsp3) is 0.440. The molecule has 2 aromatic carbocycles. The van der Waals surface area contributed by atoms with Crippen LogP contribution in [0, 0.1) is 5.92 Å². The van der Waals surface area contributed by atoms with Crippen molar-refractivity contribution >= 4 is 35.1 Å². The van der Waals surface area contributed by atoms with Gasteiger partial charge in [-0.15, -0.1) is 13.2 Å². The molecule has 11 heteroatoms. The van der Waals surface area contributed by atoms with Crippen LogP contribution in [0.15, 0.2) is 36.4 Å². The molecule has 0 aromatic heterocycles. The molecule has 0 radical (unpaired) electrons. The fourth-order valence-corrected chi connectivity index (χ4v) is 5.56. The smallest absolute Gasteiger partial charge is 0.406 e. The number of halogens is 5. The number of urea groups is 1. The van der Waals surface area contributed by atoms with Crippen LogP contribution < -0.4 is 10.1 Å². The van der Waals surface area contributed by atoms with E-state index < -0.39 is 6.36 Å². The Balaban J connectivity index is 1.41. The lowest BCUT2D eigenvalue weighted by atomic mass is 9.95. The van der Waals surface area contributed by atoms with E-state index >= 15 is 0 Å². The monoisotopic (exact) mass is 543 g/mol. The number of hydrogen-bond acceptors (Lipinski definition) is 3. The van der Waals surface area contributed by atoms with Gasteiger partial charge in [-0.25, -0.2) is 4.79 Å². The Labute approximate surface area is 217 Å². The van der Waals surface area contributed by atoms with Gasteiger partial charge in [0.25, 0.3) is 0 Å². The minimum absolute atomic E-state index is 0.0739. The highest BCUT2D eigenvalue weighted by Gasteiger charge is 2.38. The van der Waals surface area contributed by atoms with Gasteiger partial charge in [0.2, 0.25) is 5.91 Å². The Morgan fingerprint density at radius 3 is 2.19 bits per heavy atom. The second-order valence-corrected chi connectivity index (χ2v) is 9.80. The zero-order chi connectivity index (χ0) is 26.0. The minimum atomic E-state index is -4.76. The van der Waals surface area contributed by atoms with Crippen molar-refractivity contribution in [3.05, 3.63) is 52.0 Å². The molecule has 2 aromatic rings. The summed E-state index contributed by atoms with van der Waals surface area (Å²) in [4.78, 5) is 28.7. The molecule has 0 saturated carbocycles. The van der Waals surface area contributed by atoms with Crippen LogP contribution in [0.3, 0.4) is 0 Å². The average Bonchev–Trinajstić information content (AvgIpc) is 3.20. The van der Waals surface area contributed by atoms with Crippen molar-refractivity contribution in [2.24, 2.45) is 5.92 Å². The predicted molar refractivity (Wildman–Crippen MR) is 131 cm³/mol. The molecule has 36 heavy (non-hydrogen) atoms. The first-order valence-electron chi connectivity index (χ1n) is 11.7. The molecule has 2 aliphatic rings. The Hall–Kier alpha value is -2.65. The van der Waals surface area contributed by atoms with E-state index in [1.54, 1.807) is 24.1 Å². The third-order valence-electron chi connectivity index (χ3n) is 6.77. The summed E-state index contributed by atoms with van der Waals surface area (Å²) >= 11 is 13.1. The van der Waals surface area contributed by atoms with Crippen LogP contribution in [-0.4, -0.2) is 60.8 Å². The van der Waals surface area contributed by atoms with E-state index in [4.69, 9.17) is 23.2 Å². The van der Waals surface area contributed by atoms with Crippen LogP contribution in [0.4, 0.5) is 18.0 Å². The van der Waals surface area contributed by atoms with Crippen LogP contribution in [0.25, 0.3) is 11.1 Å². The summed E-state index contributed by atoms with van der Waals surface area (Å²) in [6, 6.07) is 8.86. The number of carbonyl (C=O) groups is 2. The van der Waals surface area contributed by atoms with Crippen molar-refractivity contribution in [1.82, 2.24) is 15.1 Å². The lowest BCUT2D eigenvalue weighted by Gasteiger charge is -2.36. The van der Waals surface area contributed by atoms with Gasteiger partial charge in [0.15, 0.2) is 0 Å². The van der Waals surface area contributed by atoms with Crippen LogP contribution in [0.2, 0.25) is 10.0 Å². The summed E-state index contributed by atoms with van der Waals surface area (Å²) in [5.74, 6) is -0.477. The molecular weight excluding hydrogens is 518 g/mol. The first kappa shape index (κ1) is 26.4. The molecule has 1 N–H and O–H groups in total. The molecule has 1 atom stereocenters. The minimum Gasteiger partial charge on any atom is -0.406 e. The van der Waals surface area contributed by atoms with E-state index in [0.717, 1.165) is 12.8 Å². The van der Waals surface area contributed by atoms with Crippen molar-refractivity contribution in [2.75, 3.05) is 26.7 Å². The van der Waals surface area contributed by atoms with Crippen LogP contribution in [0.5, 0.6) is 5.75 Å². The number of amides is 3. The molecule has 2 saturated heterocycles. The number of likely N-dealkylation sites (tertiary alicyclic amines) is 2. The molecule has 4 rings (SSSR count). The third kappa shape index (κ3) is 6.00. The summed E-state index contributed by atoms with van der Waals surface area (Å²) in [7, 11) is 1.61. The van der Waals surface area contributed by atoms with Crippen molar-refractivity contribution in [3.8, 4) is 16.9 Å². The molecule has 0 spiro atoms. The summed E-state index contributed by atoms with van der Waals surface area (Å²) < 4.78 is 41.1. The molecule has 2 heterocycles. The first-order chi connectivity index (χ1) is 17.1. The number of rotatable bonds is 5. The highest BCUT2D eigenvalue weighted by atomic mass is 35.5. The Bertz CT molecular complexity index is 1100. The maximum absolute atomic E-state index is 13.2. The highest BCUT2D eigenvalue weighted by Crippen LogP contribution is 2.36. The second-order valence-electron chi connectivity index (χ2n) is 8.99. The number of nitrogens with one attached hydrogen (secondary N) is 1. The second kappa shape index (κ2) is 10.8. The normalized spacial score (nSPS) is 19.1. The van der Waals surface area contributed by atoms with Gasteiger partial charge >= 0.3 is 12.4 Å². The Morgan fingerprint density at radius 1 is 1.03 bits per heavy atom. The molecule has 2 aliphatic heterocycles. The number of benzene rings is 2. The van der Waals surface area contributed by atoms with Gasteiger partial charge in [0.1, 0.15) is 5.75 Å². The maximum atomic E-state index is 13.2. The maximum Gasteiger partial charge on any atom is 0.573 e. The van der Waals surface area contributed by atoms with Gasteiger partial charge in [0, 0.05) is 48.7 Å².